The maximum Gasteiger partial charge on any atom is 0.141 e. The first-order valence-corrected chi connectivity index (χ1v) is 7.19. The molecule has 0 spiro atoms. The van der Waals surface area contributed by atoms with Crippen molar-refractivity contribution in [3.8, 4) is 0 Å². The summed E-state index contributed by atoms with van der Waals surface area (Å²) in [4.78, 5) is 11.2. The van der Waals surface area contributed by atoms with Gasteiger partial charge in [0.25, 0.3) is 0 Å². The Morgan fingerprint density at radius 2 is 1.90 bits per heavy atom. The maximum absolute atomic E-state index is 11.2. The number of carbonyl (C=O) groups excluding carboxylic acids is 1. The second-order valence-electron chi connectivity index (χ2n) is 5.33. The number of hydrogen-bond acceptors (Lipinski definition) is 2. The third-order valence-electron chi connectivity index (χ3n) is 4.07. The molecule has 0 saturated heterocycles. The van der Waals surface area contributed by atoms with Gasteiger partial charge in [-0.2, -0.15) is 0 Å². The normalized spacial score (nSPS) is 16.9. The average Bonchev–Trinajstić information content (AvgIpc) is 2.92. The largest absolute Gasteiger partial charge is 0.301 e. The van der Waals surface area contributed by atoms with E-state index in [-0.39, 0.29) is 6.04 Å². The van der Waals surface area contributed by atoms with E-state index < -0.39 is 0 Å². The van der Waals surface area contributed by atoms with Gasteiger partial charge in [-0.15, -0.1) is 0 Å². The fourth-order valence-electron chi connectivity index (χ4n) is 2.92. The molecule has 2 aromatic carbocycles. The minimum absolute atomic E-state index is 0.142. The first kappa shape index (κ1) is 13.1. The van der Waals surface area contributed by atoms with Crippen LogP contribution in [0.4, 0.5) is 0 Å². The molecule has 1 aliphatic rings. The van der Waals surface area contributed by atoms with E-state index in [2.05, 4.69) is 54.7 Å². The Balaban J connectivity index is 1.91. The van der Waals surface area contributed by atoms with Crippen molar-refractivity contribution in [3.63, 3.8) is 0 Å². The van der Waals surface area contributed by atoms with Crippen LogP contribution in [0.25, 0.3) is 0 Å². The Morgan fingerprint density at radius 1 is 1.15 bits per heavy atom. The van der Waals surface area contributed by atoms with Gasteiger partial charge in [-0.05, 0) is 40.7 Å². The summed E-state index contributed by atoms with van der Waals surface area (Å²) in [5, 5.41) is 3.25. The lowest BCUT2D eigenvalue weighted by Crippen LogP contribution is -2.14. The van der Waals surface area contributed by atoms with Crippen LogP contribution in [0.15, 0.2) is 42.5 Å². The van der Waals surface area contributed by atoms with Crippen molar-refractivity contribution in [1.29, 1.82) is 0 Å². The standard InChI is InChI=1S/C18H19NO/c1-2-13-6-8-14(9-7-13)10-15-4-3-5-16-11-19-17(12-20)18(15)16/h3-9,12,17,19H,2,10-11H2,1H3. The molecular weight excluding hydrogens is 246 g/mol. The van der Waals surface area contributed by atoms with Crippen molar-refractivity contribution in [1.82, 2.24) is 5.32 Å². The summed E-state index contributed by atoms with van der Waals surface area (Å²) >= 11 is 0. The number of fused-ring (bicyclic) bond motifs is 1. The second kappa shape index (κ2) is 5.59. The average molecular weight is 265 g/mol. The SMILES string of the molecule is CCc1ccc(Cc2cccc3c2C(C=O)NC3)cc1. The molecule has 102 valence electrons. The van der Waals surface area contributed by atoms with Crippen LogP contribution in [0.3, 0.4) is 0 Å². The molecule has 1 aliphatic heterocycles. The number of carbonyl (C=O) groups is 1. The quantitative estimate of drug-likeness (QED) is 0.860. The van der Waals surface area contributed by atoms with Gasteiger partial charge >= 0.3 is 0 Å². The highest BCUT2D eigenvalue weighted by Gasteiger charge is 2.23. The number of benzene rings is 2. The lowest BCUT2D eigenvalue weighted by molar-refractivity contribution is -0.109. The van der Waals surface area contributed by atoms with Gasteiger partial charge in [0.15, 0.2) is 0 Å². The van der Waals surface area contributed by atoms with Crippen molar-refractivity contribution in [2.24, 2.45) is 0 Å². The monoisotopic (exact) mass is 265 g/mol. The van der Waals surface area contributed by atoms with Gasteiger partial charge in [0.05, 0.1) is 6.04 Å². The van der Waals surface area contributed by atoms with Gasteiger partial charge in [-0.1, -0.05) is 49.4 Å². The van der Waals surface area contributed by atoms with E-state index in [1.807, 2.05) is 0 Å². The number of aldehydes is 1. The Hall–Kier alpha value is -1.93. The fraction of sp³-hybridized carbons (Fsp3) is 0.278. The van der Waals surface area contributed by atoms with Crippen LogP contribution in [0.5, 0.6) is 0 Å². The molecule has 1 atom stereocenters. The summed E-state index contributed by atoms with van der Waals surface area (Å²) in [5.41, 5.74) is 6.35. The molecule has 0 fully saturated rings. The molecule has 1 heterocycles. The predicted molar refractivity (Wildman–Crippen MR) is 80.7 cm³/mol. The molecule has 2 aromatic rings. The van der Waals surface area contributed by atoms with Crippen LogP contribution < -0.4 is 5.32 Å². The van der Waals surface area contributed by atoms with Crippen LogP contribution in [-0.4, -0.2) is 6.29 Å². The zero-order valence-corrected chi connectivity index (χ0v) is 11.7. The molecule has 2 nitrogen and oxygen atoms in total. The first-order valence-electron chi connectivity index (χ1n) is 7.19. The van der Waals surface area contributed by atoms with Crippen molar-refractivity contribution in [2.45, 2.75) is 32.4 Å². The lowest BCUT2D eigenvalue weighted by Gasteiger charge is -2.11. The third kappa shape index (κ3) is 2.39. The number of rotatable bonds is 4. The number of aryl methyl sites for hydroxylation is 1. The molecular formula is C18H19NO. The molecule has 1 unspecified atom stereocenters. The number of hydrogen-bond donors (Lipinski definition) is 1. The van der Waals surface area contributed by atoms with Gasteiger partial charge in [0.1, 0.15) is 6.29 Å². The van der Waals surface area contributed by atoms with E-state index in [0.29, 0.717) is 0 Å². The smallest absolute Gasteiger partial charge is 0.141 e. The van der Waals surface area contributed by atoms with Crippen molar-refractivity contribution >= 4 is 6.29 Å². The topological polar surface area (TPSA) is 29.1 Å². The van der Waals surface area contributed by atoms with Gasteiger partial charge < -0.3 is 4.79 Å². The Labute approximate surface area is 119 Å². The summed E-state index contributed by atoms with van der Waals surface area (Å²) in [6, 6.07) is 14.9. The zero-order chi connectivity index (χ0) is 13.9. The van der Waals surface area contributed by atoms with Crippen LogP contribution in [0, 0.1) is 0 Å². The molecule has 0 radical (unpaired) electrons. The summed E-state index contributed by atoms with van der Waals surface area (Å²) in [6.45, 7) is 2.96. The van der Waals surface area contributed by atoms with Crippen molar-refractivity contribution in [2.75, 3.05) is 0 Å². The van der Waals surface area contributed by atoms with E-state index in [1.165, 1.54) is 27.8 Å². The molecule has 0 saturated carbocycles. The van der Waals surface area contributed by atoms with Crippen LogP contribution in [0.2, 0.25) is 0 Å². The molecule has 0 bridgehead atoms. The molecule has 1 N–H and O–H groups in total. The second-order valence-corrected chi connectivity index (χ2v) is 5.33. The Kier molecular flexibility index (Phi) is 3.66. The number of nitrogens with one attached hydrogen (secondary N) is 1. The molecule has 3 rings (SSSR count). The summed E-state index contributed by atoms with van der Waals surface area (Å²) in [5.74, 6) is 0. The minimum Gasteiger partial charge on any atom is -0.301 e. The van der Waals surface area contributed by atoms with Crippen LogP contribution in [-0.2, 0) is 24.2 Å². The molecule has 0 amide bonds. The van der Waals surface area contributed by atoms with E-state index in [9.17, 15) is 4.79 Å². The Bertz CT molecular complexity index is 616. The van der Waals surface area contributed by atoms with E-state index >= 15 is 0 Å². The molecule has 0 aliphatic carbocycles. The third-order valence-corrected chi connectivity index (χ3v) is 4.07. The first-order chi connectivity index (χ1) is 9.81. The van der Waals surface area contributed by atoms with Crippen molar-refractivity contribution in [3.05, 3.63) is 70.3 Å². The highest BCUT2D eigenvalue weighted by Crippen LogP contribution is 2.29. The highest BCUT2D eigenvalue weighted by atomic mass is 16.1. The van der Waals surface area contributed by atoms with Gasteiger partial charge in [-0.25, -0.2) is 0 Å². The molecule has 0 aromatic heterocycles. The fourth-order valence-corrected chi connectivity index (χ4v) is 2.92. The summed E-state index contributed by atoms with van der Waals surface area (Å²) in [7, 11) is 0. The summed E-state index contributed by atoms with van der Waals surface area (Å²) < 4.78 is 0. The maximum atomic E-state index is 11.2. The highest BCUT2D eigenvalue weighted by molar-refractivity contribution is 5.66. The van der Waals surface area contributed by atoms with Gasteiger partial charge in [0.2, 0.25) is 0 Å². The minimum atomic E-state index is -0.142. The lowest BCUT2D eigenvalue weighted by atomic mass is 9.94. The van der Waals surface area contributed by atoms with Crippen LogP contribution >= 0.6 is 0 Å². The zero-order valence-electron chi connectivity index (χ0n) is 11.7. The Morgan fingerprint density at radius 3 is 2.60 bits per heavy atom. The van der Waals surface area contributed by atoms with Gasteiger partial charge in [-0.3, -0.25) is 5.32 Å². The van der Waals surface area contributed by atoms with Crippen LogP contribution in [0.1, 0.15) is 40.8 Å². The van der Waals surface area contributed by atoms with E-state index in [0.717, 1.165) is 25.7 Å². The summed E-state index contributed by atoms with van der Waals surface area (Å²) in [6.07, 6.45) is 2.97. The van der Waals surface area contributed by atoms with E-state index in [4.69, 9.17) is 0 Å². The van der Waals surface area contributed by atoms with Crippen molar-refractivity contribution < 1.29 is 4.79 Å². The predicted octanol–water partition coefficient (Wildman–Crippen LogP) is 3.18. The molecule has 20 heavy (non-hydrogen) atoms. The van der Waals surface area contributed by atoms with Gasteiger partial charge in [0, 0.05) is 6.54 Å². The van der Waals surface area contributed by atoms with E-state index in [1.54, 1.807) is 0 Å². The molecule has 2 heteroatoms.